The minimum atomic E-state index is -0.0105. The van der Waals surface area contributed by atoms with Crippen molar-refractivity contribution >= 4 is 17.7 Å². The Morgan fingerprint density at radius 1 is 0.633 bits per heavy atom. The Bertz CT molecular complexity index is 367. The Hall–Kier alpha value is -1.63. The Labute approximate surface area is 187 Å². The number of hydrogen-bond acceptors (Lipinski definition) is 4. The first kappa shape index (κ1) is 35.8. The lowest BCUT2D eigenvalue weighted by atomic mass is 10.2. The summed E-state index contributed by atoms with van der Waals surface area (Å²) in [4.78, 5) is 35.6. The third kappa shape index (κ3) is 31.1. The lowest BCUT2D eigenvalue weighted by molar-refractivity contribution is -0.124. The first-order chi connectivity index (χ1) is 14.3. The third-order valence-corrected chi connectivity index (χ3v) is 3.52. The highest BCUT2D eigenvalue weighted by molar-refractivity contribution is 5.77. The molecular weight excluding hydrogens is 380 g/mol. The fourth-order valence-corrected chi connectivity index (χ4v) is 2.19. The van der Waals surface area contributed by atoms with Gasteiger partial charge in [0.1, 0.15) is 0 Å². The van der Waals surface area contributed by atoms with E-state index in [9.17, 15) is 14.4 Å². The van der Waals surface area contributed by atoms with Crippen molar-refractivity contribution in [1.29, 1.82) is 0 Å². The minimum absolute atomic E-state index is 0.0105. The quantitative estimate of drug-likeness (QED) is 0.388. The molecule has 3 N–H and O–H groups in total. The second-order valence-electron chi connectivity index (χ2n) is 6.31. The van der Waals surface area contributed by atoms with Crippen LogP contribution in [-0.4, -0.2) is 61.9 Å². The van der Waals surface area contributed by atoms with E-state index in [1.807, 2.05) is 55.4 Å². The van der Waals surface area contributed by atoms with E-state index in [2.05, 4.69) is 20.9 Å². The molecule has 0 atom stereocenters. The Kier molecular flexibility index (Phi) is 35.3. The summed E-state index contributed by atoms with van der Waals surface area (Å²) in [5.41, 5.74) is 0. The monoisotopic (exact) mass is 432 g/mol. The van der Waals surface area contributed by atoms with Crippen molar-refractivity contribution in [3.63, 3.8) is 0 Å². The van der Waals surface area contributed by atoms with E-state index >= 15 is 0 Å². The van der Waals surface area contributed by atoms with Crippen LogP contribution < -0.4 is 16.0 Å². The van der Waals surface area contributed by atoms with Gasteiger partial charge in [0.2, 0.25) is 17.7 Å². The van der Waals surface area contributed by atoms with Gasteiger partial charge in [0, 0.05) is 39.4 Å². The van der Waals surface area contributed by atoms with Crippen LogP contribution in [0.25, 0.3) is 0 Å². The van der Waals surface area contributed by atoms with Crippen LogP contribution in [0.15, 0.2) is 0 Å². The molecule has 3 amide bonds. The average molecular weight is 433 g/mol. The number of hydrogen-bond donors (Lipinski definition) is 3. The predicted molar refractivity (Wildman–Crippen MR) is 130 cm³/mol. The molecule has 0 aromatic rings. The maximum absolute atomic E-state index is 11.5. The zero-order valence-electron chi connectivity index (χ0n) is 21.6. The van der Waals surface area contributed by atoms with Crippen LogP contribution >= 0.6 is 0 Å². The van der Waals surface area contributed by atoms with E-state index in [1.165, 1.54) is 13.8 Å². The second-order valence-corrected chi connectivity index (χ2v) is 6.31. The summed E-state index contributed by atoms with van der Waals surface area (Å²) < 4.78 is 0. The standard InChI is InChI=1S/C17H34N4O3.3C2H6/c1-14(2)17(24)20-10-7-13-21(11-5-8-18-15(3)22)12-6-9-19-16(4)23;3*1-2/h14H,5-13H2,1-4H3,(H,18,22)(H,19,23)(H,20,24);3*1-2H3. The summed E-state index contributed by atoms with van der Waals surface area (Å²) in [6, 6.07) is 0. The SMILES string of the molecule is CC.CC.CC.CC(=O)NCCCN(CCCNC(C)=O)CCCNC(=O)C(C)C. The van der Waals surface area contributed by atoms with Gasteiger partial charge in [-0.25, -0.2) is 0 Å². The Balaban J connectivity index is -0.000000512. The summed E-state index contributed by atoms with van der Waals surface area (Å²) in [6.07, 6.45) is 2.66. The number of nitrogens with zero attached hydrogens (tertiary/aromatic N) is 1. The molecule has 0 saturated carbocycles. The number of carbonyl (C=O) groups is 3. The minimum Gasteiger partial charge on any atom is -0.356 e. The highest BCUT2D eigenvalue weighted by Gasteiger charge is 2.08. The zero-order chi connectivity index (χ0) is 24.4. The summed E-state index contributed by atoms with van der Waals surface area (Å²) in [5, 5.41) is 8.52. The fourth-order valence-electron chi connectivity index (χ4n) is 2.19. The number of nitrogens with one attached hydrogen (secondary N) is 3. The topological polar surface area (TPSA) is 90.5 Å². The van der Waals surface area contributed by atoms with Crippen molar-refractivity contribution in [1.82, 2.24) is 20.9 Å². The molecule has 0 saturated heterocycles. The van der Waals surface area contributed by atoms with Gasteiger partial charge >= 0.3 is 0 Å². The van der Waals surface area contributed by atoms with Crippen molar-refractivity contribution in [2.75, 3.05) is 39.3 Å². The predicted octanol–water partition coefficient (Wildman–Crippen LogP) is 3.58. The Morgan fingerprint density at radius 2 is 0.933 bits per heavy atom. The molecule has 7 heteroatoms. The maximum atomic E-state index is 11.5. The van der Waals surface area contributed by atoms with E-state index in [0.717, 1.165) is 38.9 Å². The molecule has 0 aromatic heterocycles. The molecule has 0 aliphatic rings. The van der Waals surface area contributed by atoms with E-state index < -0.39 is 0 Å². The van der Waals surface area contributed by atoms with Crippen LogP contribution in [0.2, 0.25) is 0 Å². The van der Waals surface area contributed by atoms with E-state index in [0.29, 0.717) is 19.6 Å². The molecule has 7 nitrogen and oxygen atoms in total. The van der Waals surface area contributed by atoms with Gasteiger partial charge in [-0.15, -0.1) is 0 Å². The number of rotatable bonds is 13. The van der Waals surface area contributed by atoms with Crippen molar-refractivity contribution in [3.8, 4) is 0 Å². The molecule has 0 radical (unpaired) electrons. The summed E-state index contributed by atoms with van der Waals surface area (Å²) in [6.45, 7) is 23.5. The van der Waals surface area contributed by atoms with Gasteiger partial charge in [-0.2, -0.15) is 0 Å². The summed E-state index contributed by atoms with van der Waals surface area (Å²) in [7, 11) is 0. The van der Waals surface area contributed by atoms with Gasteiger partial charge in [-0.1, -0.05) is 55.4 Å². The molecule has 0 spiro atoms. The third-order valence-electron chi connectivity index (χ3n) is 3.52. The van der Waals surface area contributed by atoms with Gasteiger partial charge in [0.05, 0.1) is 0 Å². The van der Waals surface area contributed by atoms with Crippen molar-refractivity contribution in [2.24, 2.45) is 5.92 Å². The fraction of sp³-hybridized carbons (Fsp3) is 0.870. The van der Waals surface area contributed by atoms with E-state index in [-0.39, 0.29) is 23.6 Å². The van der Waals surface area contributed by atoms with Crippen LogP contribution in [0.3, 0.4) is 0 Å². The second kappa shape index (κ2) is 29.6. The zero-order valence-corrected chi connectivity index (χ0v) is 21.6. The lowest BCUT2D eigenvalue weighted by Crippen LogP contribution is -2.35. The summed E-state index contributed by atoms with van der Waals surface area (Å²) >= 11 is 0. The molecule has 0 rings (SSSR count). The molecule has 0 aliphatic heterocycles. The van der Waals surface area contributed by atoms with Gasteiger partial charge in [0.25, 0.3) is 0 Å². The van der Waals surface area contributed by atoms with Crippen molar-refractivity contribution < 1.29 is 14.4 Å². The molecule has 0 aromatic carbocycles. The normalized spacial score (nSPS) is 9.20. The van der Waals surface area contributed by atoms with Gasteiger partial charge in [-0.05, 0) is 38.9 Å². The molecule has 182 valence electrons. The van der Waals surface area contributed by atoms with Gasteiger partial charge < -0.3 is 20.9 Å². The molecule has 0 bridgehead atoms. The van der Waals surface area contributed by atoms with Crippen LogP contribution in [0.4, 0.5) is 0 Å². The lowest BCUT2D eigenvalue weighted by Gasteiger charge is -2.22. The number of carbonyl (C=O) groups excluding carboxylic acids is 3. The van der Waals surface area contributed by atoms with E-state index in [1.54, 1.807) is 0 Å². The van der Waals surface area contributed by atoms with E-state index in [4.69, 9.17) is 0 Å². The summed E-state index contributed by atoms with van der Waals surface area (Å²) in [5.74, 6) is 0.0708. The van der Waals surface area contributed by atoms with Gasteiger partial charge in [0.15, 0.2) is 0 Å². The average Bonchev–Trinajstić information content (AvgIpc) is 2.74. The highest BCUT2D eigenvalue weighted by Crippen LogP contribution is 1.97. The van der Waals surface area contributed by atoms with Crippen LogP contribution in [0, 0.1) is 5.92 Å². The molecule has 0 unspecified atom stereocenters. The molecular formula is C23H52N4O3. The Morgan fingerprint density at radius 3 is 1.20 bits per heavy atom. The molecule has 0 heterocycles. The van der Waals surface area contributed by atoms with Crippen LogP contribution in [-0.2, 0) is 14.4 Å². The highest BCUT2D eigenvalue weighted by atomic mass is 16.2. The molecule has 0 fully saturated rings. The number of amides is 3. The maximum Gasteiger partial charge on any atom is 0.222 e. The smallest absolute Gasteiger partial charge is 0.222 e. The first-order valence-corrected chi connectivity index (χ1v) is 11.8. The van der Waals surface area contributed by atoms with Crippen molar-refractivity contribution in [3.05, 3.63) is 0 Å². The van der Waals surface area contributed by atoms with Gasteiger partial charge in [-0.3, -0.25) is 14.4 Å². The van der Waals surface area contributed by atoms with Crippen molar-refractivity contribution in [2.45, 2.75) is 88.5 Å². The molecule has 0 aliphatic carbocycles. The largest absolute Gasteiger partial charge is 0.356 e. The van der Waals surface area contributed by atoms with Crippen LogP contribution in [0.1, 0.15) is 88.5 Å². The van der Waals surface area contributed by atoms with Crippen LogP contribution in [0.5, 0.6) is 0 Å². The molecule has 30 heavy (non-hydrogen) atoms. The first-order valence-electron chi connectivity index (χ1n) is 11.8.